The number of pyridine rings is 1. The molecule has 1 aromatic carbocycles. The van der Waals surface area contributed by atoms with E-state index in [1.54, 1.807) is 12.3 Å². The van der Waals surface area contributed by atoms with Gasteiger partial charge in [-0.2, -0.15) is 0 Å². The number of benzene rings is 1. The summed E-state index contributed by atoms with van der Waals surface area (Å²) in [7, 11) is 0. The van der Waals surface area contributed by atoms with Gasteiger partial charge in [0.1, 0.15) is 11.2 Å². The van der Waals surface area contributed by atoms with Gasteiger partial charge in [-0.1, -0.05) is 36.8 Å². The molecule has 1 amide bonds. The number of fused-ring (bicyclic) bond motifs is 1. The molecular formula is C24H28N4O2. The van der Waals surface area contributed by atoms with Crippen LogP contribution >= 0.6 is 0 Å². The third-order valence-corrected chi connectivity index (χ3v) is 5.97. The fourth-order valence-electron chi connectivity index (χ4n) is 4.10. The van der Waals surface area contributed by atoms with Crippen molar-refractivity contribution < 1.29 is 4.79 Å². The molecule has 156 valence electrons. The second kappa shape index (κ2) is 8.79. The molecule has 1 aliphatic rings. The molecule has 1 N–H and O–H groups in total. The summed E-state index contributed by atoms with van der Waals surface area (Å²) in [6.45, 7) is 6.56. The van der Waals surface area contributed by atoms with E-state index in [0.29, 0.717) is 18.2 Å². The number of carbonyl (C=O) groups is 1. The summed E-state index contributed by atoms with van der Waals surface area (Å²) in [6, 6.07) is 12.4. The van der Waals surface area contributed by atoms with Gasteiger partial charge >= 0.3 is 0 Å². The third kappa shape index (κ3) is 4.28. The first-order valence-corrected chi connectivity index (χ1v) is 10.6. The molecule has 1 fully saturated rings. The number of likely N-dealkylation sites (tertiary alicyclic amines) is 1. The fraction of sp³-hybridized carbons (Fsp3) is 0.375. The predicted octanol–water partition coefficient (Wildman–Crippen LogP) is 3.31. The van der Waals surface area contributed by atoms with Crippen molar-refractivity contribution in [1.29, 1.82) is 0 Å². The van der Waals surface area contributed by atoms with Gasteiger partial charge in [-0.05, 0) is 56.0 Å². The Morgan fingerprint density at radius 2 is 1.97 bits per heavy atom. The minimum absolute atomic E-state index is 0.0558. The normalized spacial score (nSPS) is 17.2. The highest BCUT2D eigenvalue weighted by Crippen LogP contribution is 2.20. The molecule has 4 rings (SSSR count). The predicted molar refractivity (Wildman–Crippen MR) is 118 cm³/mol. The number of aromatic nitrogens is 2. The summed E-state index contributed by atoms with van der Waals surface area (Å²) in [6.07, 6.45) is 6.84. The van der Waals surface area contributed by atoms with Crippen molar-refractivity contribution in [3.63, 3.8) is 0 Å². The van der Waals surface area contributed by atoms with Crippen molar-refractivity contribution in [2.45, 2.75) is 52.2 Å². The average Bonchev–Trinajstić information content (AvgIpc) is 2.75. The smallest absolute Gasteiger partial charge is 0.270 e. The number of rotatable bonds is 5. The first kappa shape index (κ1) is 20.3. The van der Waals surface area contributed by atoms with Crippen molar-refractivity contribution in [2.24, 2.45) is 0 Å². The average molecular weight is 405 g/mol. The summed E-state index contributed by atoms with van der Waals surface area (Å²) in [5.74, 6) is -0.399. The maximum atomic E-state index is 12.8. The molecule has 0 saturated carbocycles. The second-order valence-electron chi connectivity index (χ2n) is 8.18. The minimum Gasteiger partial charge on any atom is -0.348 e. The Bertz CT molecular complexity index is 1120. The van der Waals surface area contributed by atoms with E-state index in [4.69, 9.17) is 0 Å². The Balaban J connectivity index is 1.50. The molecule has 6 nitrogen and oxygen atoms in total. The summed E-state index contributed by atoms with van der Waals surface area (Å²) >= 11 is 0. The van der Waals surface area contributed by atoms with Crippen LogP contribution in [0.3, 0.4) is 0 Å². The van der Waals surface area contributed by atoms with E-state index in [0.717, 1.165) is 24.2 Å². The van der Waals surface area contributed by atoms with Crippen LogP contribution in [0.4, 0.5) is 0 Å². The van der Waals surface area contributed by atoms with Crippen LogP contribution < -0.4 is 10.9 Å². The lowest BCUT2D eigenvalue weighted by Crippen LogP contribution is -2.37. The molecular weight excluding hydrogens is 376 g/mol. The van der Waals surface area contributed by atoms with Gasteiger partial charge in [0.25, 0.3) is 11.5 Å². The van der Waals surface area contributed by atoms with Crippen molar-refractivity contribution in [3.05, 3.63) is 81.4 Å². The van der Waals surface area contributed by atoms with Gasteiger partial charge in [0, 0.05) is 31.5 Å². The maximum absolute atomic E-state index is 12.8. The summed E-state index contributed by atoms with van der Waals surface area (Å²) < 4.78 is 1.43. The van der Waals surface area contributed by atoms with E-state index in [1.165, 1.54) is 35.4 Å². The molecule has 6 heteroatoms. The first-order valence-electron chi connectivity index (χ1n) is 10.6. The maximum Gasteiger partial charge on any atom is 0.270 e. The Labute approximate surface area is 176 Å². The molecule has 0 spiro atoms. The van der Waals surface area contributed by atoms with Crippen LogP contribution in [-0.4, -0.2) is 32.8 Å². The lowest BCUT2D eigenvalue weighted by molar-refractivity contribution is 0.0948. The minimum atomic E-state index is -0.399. The number of carbonyl (C=O) groups excluding carboxylic acids is 1. The third-order valence-electron chi connectivity index (χ3n) is 5.97. The van der Waals surface area contributed by atoms with Gasteiger partial charge < -0.3 is 5.32 Å². The largest absolute Gasteiger partial charge is 0.348 e. The van der Waals surface area contributed by atoms with Crippen LogP contribution in [-0.2, 0) is 13.1 Å². The molecule has 1 saturated heterocycles. The van der Waals surface area contributed by atoms with Crippen LogP contribution in [0.25, 0.3) is 5.65 Å². The van der Waals surface area contributed by atoms with Crippen molar-refractivity contribution in [3.8, 4) is 0 Å². The summed E-state index contributed by atoms with van der Waals surface area (Å²) in [5, 5.41) is 2.91. The number of hydrogen-bond donors (Lipinski definition) is 1. The van der Waals surface area contributed by atoms with E-state index in [-0.39, 0.29) is 11.1 Å². The highest BCUT2D eigenvalue weighted by Gasteiger charge is 2.19. The molecule has 0 unspecified atom stereocenters. The van der Waals surface area contributed by atoms with Crippen LogP contribution in [0.15, 0.2) is 53.6 Å². The second-order valence-corrected chi connectivity index (χ2v) is 8.18. The van der Waals surface area contributed by atoms with Gasteiger partial charge in [0.05, 0.1) is 0 Å². The molecule has 0 aliphatic carbocycles. The monoisotopic (exact) mass is 404 g/mol. The van der Waals surface area contributed by atoms with E-state index < -0.39 is 5.91 Å². The molecule has 0 radical (unpaired) electrons. The van der Waals surface area contributed by atoms with Gasteiger partial charge in [-0.3, -0.25) is 18.9 Å². The Hall–Kier alpha value is -2.99. The zero-order valence-corrected chi connectivity index (χ0v) is 17.6. The Kier molecular flexibility index (Phi) is 5.95. The molecule has 3 aromatic rings. The van der Waals surface area contributed by atoms with E-state index in [2.05, 4.69) is 28.2 Å². The Morgan fingerprint density at radius 3 is 2.77 bits per heavy atom. The van der Waals surface area contributed by atoms with Gasteiger partial charge in [-0.25, -0.2) is 4.98 Å². The topological polar surface area (TPSA) is 66.7 Å². The highest BCUT2D eigenvalue weighted by atomic mass is 16.2. The molecule has 0 bridgehead atoms. The fourth-order valence-corrected chi connectivity index (χ4v) is 4.10. The SMILES string of the molecule is Cc1ccc2ncc(C(=O)NCc3ccccc3CN3CCCC[C@@H]3C)c(=O)n2c1. The number of aryl methyl sites for hydroxylation is 1. The molecule has 3 heterocycles. The molecule has 30 heavy (non-hydrogen) atoms. The summed E-state index contributed by atoms with van der Waals surface area (Å²) in [5.41, 5.74) is 3.47. The van der Waals surface area contributed by atoms with Crippen LogP contribution in [0.5, 0.6) is 0 Å². The van der Waals surface area contributed by atoms with Gasteiger partial charge in [-0.15, -0.1) is 0 Å². The lowest BCUT2D eigenvalue weighted by atomic mass is 10.0. The van der Waals surface area contributed by atoms with Crippen LogP contribution in [0.2, 0.25) is 0 Å². The number of nitrogens with zero attached hydrogens (tertiary/aromatic N) is 3. The lowest BCUT2D eigenvalue weighted by Gasteiger charge is -2.33. The quantitative estimate of drug-likeness (QED) is 0.709. The zero-order valence-electron chi connectivity index (χ0n) is 17.6. The van der Waals surface area contributed by atoms with E-state index >= 15 is 0 Å². The molecule has 1 atom stereocenters. The van der Waals surface area contributed by atoms with Crippen molar-refractivity contribution in [2.75, 3.05) is 6.54 Å². The van der Waals surface area contributed by atoms with E-state index in [9.17, 15) is 9.59 Å². The highest BCUT2D eigenvalue weighted by molar-refractivity contribution is 5.93. The molecule has 2 aromatic heterocycles. The van der Waals surface area contributed by atoms with E-state index in [1.807, 2.05) is 31.2 Å². The number of nitrogens with one attached hydrogen (secondary N) is 1. The first-order chi connectivity index (χ1) is 14.5. The number of piperidine rings is 1. The van der Waals surface area contributed by atoms with Crippen LogP contribution in [0, 0.1) is 6.92 Å². The summed E-state index contributed by atoms with van der Waals surface area (Å²) in [4.78, 5) is 32.3. The standard InChI is InChI=1S/C24H28N4O2/c1-17-10-11-22-25-14-21(24(30)28(22)15-17)23(29)26-13-19-8-3-4-9-20(19)16-27-12-6-5-7-18(27)2/h3-4,8-11,14-15,18H,5-7,12-13,16H2,1-2H3,(H,26,29)/t18-/m0/s1. The van der Waals surface area contributed by atoms with Gasteiger partial charge in [0.2, 0.25) is 0 Å². The van der Waals surface area contributed by atoms with Crippen LogP contribution in [0.1, 0.15) is 53.2 Å². The van der Waals surface area contributed by atoms with Crippen molar-refractivity contribution in [1.82, 2.24) is 19.6 Å². The number of amides is 1. The number of hydrogen-bond acceptors (Lipinski definition) is 4. The molecule has 1 aliphatic heterocycles. The zero-order chi connectivity index (χ0) is 21.1. The van der Waals surface area contributed by atoms with Gasteiger partial charge in [0.15, 0.2) is 0 Å². The van der Waals surface area contributed by atoms with Crippen molar-refractivity contribution >= 4 is 11.6 Å². The Morgan fingerprint density at radius 1 is 1.17 bits per heavy atom.